The average molecular weight is 288 g/mol. The summed E-state index contributed by atoms with van der Waals surface area (Å²) >= 11 is 0. The molecule has 1 saturated heterocycles. The van der Waals surface area contributed by atoms with Crippen molar-refractivity contribution in [3.05, 3.63) is 6.33 Å². The summed E-state index contributed by atoms with van der Waals surface area (Å²) in [5, 5.41) is 0.0812. The van der Waals surface area contributed by atoms with Gasteiger partial charge in [0.2, 0.25) is 0 Å². The standard InChI is InChI=1S/C11H20N4O3S/c1-14-8-13-10(12)11(14)19(16,17)15-5-3-9(4-6-15)7-18-2/h8-9H,3-7,12H2,1-2H3. The molecule has 2 rings (SSSR count). The summed E-state index contributed by atoms with van der Waals surface area (Å²) in [6.45, 7) is 1.68. The number of rotatable bonds is 4. The van der Waals surface area contributed by atoms with Gasteiger partial charge in [-0.2, -0.15) is 4.31 Å². The number of aryl methyl sites for hydroxylation is 1. The van der Waals surface area contributed by atoms with Gasteiger partial charge in [0.1, 0.15) is 0 Å². The highest BCUT2D eigenvalue weighted by molar-refractivity contribution is 7.89. The van der Waals surface area contributed by atoms with E-state index in [9.17, 15) is 8.42 Å². The van der Waals surface area contributed by atoms with Crippen molar-refractivity contribution in [3.63, 3.8) is 0 Å². The van der Waals surface area contributed by atoms with Crippen molar-refractivity contribution in [2.24, 2.45) is 13.0 Å². The molecule has 1 aromatic heterocycles. The molecule has 2 N–H and O–H groups in total. The summed E-state index contributed by atoms with van der Waals surface area (Å²) in [7, 11) is -0.251. The molecule has 1 aromatic rings. The van der Waals surface area contributed by atoms with Crippen molar-refractivity contribution < 1.29 is 13.2 Å². The Morgan fingerprint density at radius 3 is 2.58 bits per heavy atom. The van der Waals surface area contributed by atoms with Gasteiger partial charge in [0.15, 0.2) is 10.8 Å². The first-order chi connectivity index (χ1) is 8.96. The van der Waals surface area contributed by atoms with E-state index in [1.165, 1.54) is 15.2 Å². The van der Waals surface area contributed by atoms with Gasteiger partial charge >= 0.3 is 0 Å². The first-order valence-corrected chi connectivity index (χ1v) is 7.66. The van der Waals surface area contributed by atoms with Crippen LogP contribution in [0.15, 0.2) is 11.4 Å². The van der Waals surface area contributed by atoms with Crippen LogP contribution in [0.1, 0.15) is 12.8 Å². The van der Waals surface area contributed by atoms with Gasteiger partial charge in [-0.1, -0.05) is 0 Å². The highest BCUT2D eigenvalue weighted by Crippen LogP contribution is 2.26. The van der Waals surface area contributed by atoms with Gasteiger partial charge in [0.05, 0.1) is 6.33 Å². The molecule has 0 unspecified atom stereocenters. The quantitative estimate of drug-likeness (QED) is 0.845. The molecule has 0 amide bonds. The molecule has 1 aliphatic rings. The van der Waals surface area contributed by atoms with E-state index in [1.54, 1.807) is 14.2 Å². The molecule has 0 spiro atoms. The number of aromatic nitrogens is 2. The van der Waals surface area contributed by atoms with Crippen LogP contribution in [0.5, 0.6) is 0 Å². The Hall–Kier alpha value is -1.12. The molecule has 0 aliphatic carbocycles. The Balaban J connectivity index is 2.15. The number of nitrogens with two attached hydrogens (primary N) is 1. The molecule has 108 valence electrons. The molecule has 0 aromatic carbocycles. The smallest absolute Gasteiger partial charge is 0.262 e. The molecule has 8 heteroatoms. The maximum Gasteiger partial charge on any atom is 0.262 e. The molecular formula is C11H20N4O3S. The molecule has 1 aliphatic heterocycles. The Morgan fingerprint density at radius 2 is 2.11 bits per heavy atom. The third-order valence-electron chi connectivity index (χ3n) is 3.47. The molecule has 7 nitrogen and oxygen atoms in total. The zero-order valence-electron chi connectivity index (χ0n) is 11.2. The van der Waals surface area contributed by atoms with Gasteiger partial charge in [0, 0.05) is 33.9 Å². The number of anilines is 1. The number of nitrogens with zero attached hydrogens (tertiary/aromatic N) is 3. The first-order valence-electron chi connectivity index (χ1n) is 6.22. The van der Waals surface area contributed by atoms with Crippen LogP contribution in [-0.2, 0) is 21.8 Å². The van der Waals surface area contributed by atoms with E-state index in [0.29, 0.717) is 25.6 Å². The first kappa shape index (κ1) is 14.3. The van der Waals surface area contributed by atoms with Crippen molar-refractivity contribution in [2.45, 2.75) is 17.9 Å². The molecule has 1 fully saturated rings. The topological polar surface area (TPSA) is 90.4 Å². The third-order valence-corrected chi connectivity index (χ3v) is 5.50. The van der Waals surface area contributed by atoms with Gasteiger partial charge in [-0.3, -0.25) is 0 Å². The third kappa shape index (κ3) is 2.75. The number of hydrogen-bond donors (Lipinski definition) is 1. The lowest BCUT2D eigenvalue weighted by Crippen LogP contribution is -2.40. The minimum absolute atomic E-state index is 0.0570. The minimum atomic E-state index is -3.55. The van der Waals surface area contributed by atoms with Gasteiger partial charge < -0.3 is 15.0 Å². The van der Waals surface area contributed by atoms with E-state index >= 15 is 0 Å². The lowest BCUT2D eigenvalue weighted by molar-refractivity contribution is 0.121. The number of methoxy groups -OCH3 is 1. The molecule has 0 radical (unpaired) electrons. The van der Waals surface area contributed by atoms with Crippen LogP contribution in [0.25, 0.3) is 0 Å². The fourth-order valence-electron chi connectivity index (χ4n) is 2.43. The van der Waals surface area contributed by atoms with Crippen LogP contribution >= 0.6 is 0 Å². The summed E-state index contributed by atoms with van der Waals surface area (Å²) < 4.78 is 33.1. The predicted molar refractivity (Wildman–Crippen MR) is 71.0 cm³/mol. The van der Waals surface area contributed by atoms with E-state index in [2.05, 4.69) is 4.98 Å². The lowest BCUT2D eigenvalue weighted by atomic mass is 9.99. The predicted octanol–water partition coefficient (Wildman–Crippen LogP) is 0.0494. The van der Waals surface area contributed by atoms with Crippen LogP contribution in [0.4, 0.5) is 5.82 Å². The number of sulfonamides is 1. The van der Waals surface area contributed by atoms with Crippen LogP contribution in [0.3, 0.4) is 0 Å². The number of imidazole rings is 1. The van der Waals surface area contributed by atoms with Crippen molar-refractivity contribution >= 4 is 15.8 Å². The van der Waals surface area contributed by atoms with Crippen LogP contribution < -0.4 is 5.73 Å². The number of ether oxygens (including phenoxy) is 1. The Kier molecular flexibility index (Phi) is 4.12. The van der Waals surface area contributed by atoms with E-state index in [0.717, 1.165) is 12.8 Å². The lowest BCUT2D eigenvalue weighted by Gasteiger charge is -2.30. The van der Waals surface area contributed by atoms with Crippen molar-refractivity contribution in [1.82, 2.24) is 13.9 Å². The summed E-state index contributed by atoms with van der Waals surface area (Å²) in [5.41, 5.74) is 5.65. The maximum absolute atomic E-state index is 12.5. The van der Waals surface area contributed by atoms with E-state index in [4.69, 9.17) is 10.5 Å². The highest BCUT2D eigenvalue weighted by Gasteiger charge is 2.33. The second-order valence-corrected chi connectivity index (χ2v) is 6.70. The highest BCUT2D eigenvalue weighted by atomic mass is 32.2. The summed E-state index contributed by atoms with van der Waals surface area (Å²) in [6.07, 6.45) is 3.04. The fourth-order valence-corrected chi connectivity index (χ4v) is 4.09. The van der Waals surface area contributed by atoms with E-state index in [1.807, 2.05) is 0 Å². The van der Waals surface area contributed by atoms with Crippen LogP contribution in [0, 0.1) is 5.92 Å². The van der Waals surface area contributed by atoms with Crippen molar-refractivity contribution in [2.75, 3.05) is 32.5 Å². The molecule has 0 bridgehead atoms. The zero-order chi connectivity index (χ0) is 14.0. The van der Waals surface area contributed by atoms with E-state index < -0.39 is 10.0 Å². The Morgan fingerprint density at radius 1 is 1.47 bits per heavy atom. The fraction of sp³-hybridized carbons (Fsp3) is 0.727. The largest absolute Gasteiger partial charge is 0.384 e. The molecule has 0 atom stereocenters. The summed E-state index contributed by atoms with van der Waals surface area (Å²) in [6, 6.07) is 0. The Labute approximate surface area is 113 Å². The van der Waals surface area contributed by atoms with E-state index in [-0.39, 0.29) is 10.8 Å². The normalized spacial score (nSPS) is 18.8. The summed E-state index contributed by atoms with van der Waals surface area (Å²) in [5.74, 6) is 0.488. The zero-order valence-corrected chi connectivity index (χ0v) is 12.1. The van der Waals surface area contributed by atoms with Crippen LogP contribution in [-0.4, -0.2) is 49.1 Å². The van der Waals surface area contributed by atoms with Gasteiger partial charge in [-0.15, -0.1) is 0 Å². The molecule has 2 heterocycles. The van der Waals surface area contributed by atoms with Gasteiger partial charge in [0.25, 0.3) is 10.0 Å². The van der Waals surface area contributed by atoms with Gasteiger partial charge in [-0.25, -0.2) is 13.4 Å². The monoisotopic (exact) mass is 288 g/mol. The average Bonchev–Trinajstić information content (AvgIpc) is 2.70. The van der Waals surface area contributed by atoms with Crippen molar-refractivity contribution in [1.29, 1.82) is 0 Å². The number of hydrogen-bond acceptors (Lipinski definition) is 5. The van der Waals surface area contributed by atoms with Gasteiger partial charge in [-0.05, 0) is 18.8 Å². The molecule has 0 saturated carbocycles. The SMILES string of the molecule is COCC1CCN(S(=O)(=O)c2c(N)ncn2C)CC1. The summed E-state index contributed by atoms with van der Waals surface area (Å²) in [4.78, 5) is 3.84. The second kappa shape index (κ2) is 5.48. The second-order valence-electron chi connectivity index (χ2n) is 4.85. The maximum atomic E-state index is 12.5. The molecular weight excluding hydrogens is 268 g/mol. The minimum Gasteiger partial charge on any atom is -0.384 e. The molecule has 19 heavy (non-hydrogen) atoms. The van der Waals surface area contributed by atoms with Crippen LogP contribution in [0.2, 0.25) is 0 Å². The number of nitrogen functional groups attached to an aromatic ring is 1. The van der Waals surface area contributed by atoms with Crippen molar-refractivity contribution in [3.8, 4) is 0 Å². The number of piperidine rings is 1. The Bertz CT molecular complexity index is 513.